The minimum absolute atomic E-state index is 0.0874. The van der Waals surface area contributed by atoms with Crippen LogP contribution in [0.5, 0.6) is 0 Å². The molecule has 0 aliphatic heterocycles. The number of hydrogen-bond acceptors (Lipinski definition) is 1. The molecule has 0 aromatic heterocycles. The molecule has 0 bridgehead atoms. The maximum atomic E-state index is 8.71. The van der Waals surface area contributed by atoms with E-state index in [1.54, 1.807) is 6.08 Å². The number of rotatable bonds is 2. The van der Waals surface area contributed by atoms with E-state index >= 15 is 0 Å². The fourth-order valence-electron chi connectivity index (χ4n) is 0.845. The van der Waals surface area contributed by atoms with Gasteiger partial charge in [-0.05, 0) is 30.8 Å². The summed E-state index contributed by atoms with van der Waals surface area (Å²) in [6.07, 6.45) is 3.28. The molecule has 0 atom stereocenters. The fourth-order valence-corrected chi connectivity index (χ4v) is 0.913. The van der Waals surface area contributed by atoms with Crippen LogP contribution in [0.25, 0.3) is 6.08 Å². The summed E-state index contributed by atoms with van der Waals surface area (Å²) in [5.41, 5.74) is 2.26. The Balaban J connectivity index is 2.77. The number of hydrogen-bond donors (Lipinski definition) is 1. The molecule has 0 amide bonds. The van der Waals surface area contributed by atoms with Crippen LogP contribution in [0.2, 0.25) is 0 Å². The van der Waals surface area contributed by atoms with Crippen molar-refractivity contribution in [1.29, 1.82) is 0 Å². The van der Waals surface area contributed by atoms with Crippen LogP contribution in [-0.4, -0.2) is 10.2 Å². The summed E-state index contributed by atoms with van der Waals surface area (Å²) in [5.74, 6) is 0. The van der Waals surface area contributed by atoms with Crippen LogP contribution in [0.1, 0.15) is 11.1 Å². The average molecular weight is 178 g/mol. The van der Waals surface area contributed by atoms with Gasteiger partial charge in [0, 0.05) is 0 Å². The van der Waals surface area contributed by atoms with Gasteiger partial charge in [0.15, 0.2) is 5.05 Å². The molecule has 0 aliphatic rings. The lowest BCUT2D eigenvalue weighted by atomic mass is 10.1. The van der Waals surface area contributed by atoms with Crippen molar-refractivity contribution in [3.05, 3.63) is 41.5 Å². The van der Waals surface area contributed by atoms with Gasteiger partial charge in [-0.25, -0.2) is 0 Å². The Morgan fingerprint density at radius 3 is 2.42 bits per heavy atom. The Morgan fingerprint density at radius 1 is 1.33 bits per heavy atom. The largest absolute Gasteiger partial charge is 0.499 e. The van der Waals surface area contributed by atoms with Gasteiger partial charge in [-0.1, -0.05) is 35.9 Å². The molecular weight excluding hydrogens is 168 g/mol. The molecule has 1 N–H and O–H groups in total. The third kappa shape index (κ3) is 2.84. The summed E-state index contributed by atoms with van der Waals surface area (Å²) >= 11 is 4.49. The molecule has 0 spiro atoms. The van der Waals surface area contributed by atoms with Gasteiger partial charge in [0.25, 0.3) is 0 Å². The molecule has 2 heteroatoms. The predicted molar refractivity (Wildman–Crippen MR) is 55.4 cm³/mol. The molecule has 0 radical (unpaired) electrons. The van der Waals surface area contributed by atoms with Crippen molar-refractivity contribution in [1.82, 2.24) is 0 Å². The Bertz CT molecular complexity index is 298. The van der Waals surface area contributed by atoms with E-state index in [-0.39, 0.29) is 5.05 Å². The summed E-state index contributed by atoms with van der Waals surface area (Å²) in [6, 6.07) is 7.98. The van der Waals surface area contributed by atoms with E-state index in [9.17, 15) is 0 Å². The highest BCUT2D eigenvalue weighted by Crippen LogP contribution is 2.04. The Kier molecular flexibility index (Phi) is 3.00. The van der Waals surface area contributed by atoms with E-state index in [0.29, 0.717) is 0 Å². The summed E-state index contributed by atoms with van der Waals surface area (Å²) in [7, 11) is 0. The zero-order chi connectivity index (χ0) is 8.97. The summed E-state index contributed by atoms with van der Waals surface area (Å²) in [6.45, 7) is 2.03. The number of aliphatic hydroxyl groups is 1. The SMILES string of the molecule is Cc1ccc(C=CC(O)=S)cc1. The summed E-state index contributed by atoms with van der Waals surface area (Å²) in [5, 5.41) is 8.63. The van der Waals surface area contributed by atoms with Crippen LogP contribution >= 0.6 is 12.2 Å². The number of benzene rings is 1. The first-order valence-electron chi connectivity index (χ1n) is 3.66. The van der Waals surface area contributed by atoms with Crippen LogP contribution in [0.4, 0.5) is 0 Å². The first-order chi connectivity index (χ1) is 5.68. The van der Waals surface area contributed by atoms with E-state index in [1.165, 1.54) is 11.6 Å². The van der Waals surface area contributed by atoms with E-state index < -0.39 is 0 Å². The smallest absolute Gasteiger partial charge is 0.181 e. The zero-order valence-electron chi connectivity index (χ0n) is 6.82. The number of aliphatic hydroxyl groups excluding tert-OH is 1. The highest BCUT2D eigenvalue weighted by Gasteiger charge is 1.86. The molecule has 1 nitrogen and oxygen atoms in total. The molecule has 0 saturated carbocycles. The lowest BCUT2D eigenvalue weighted by molar-refractivity contribution is 0.574. The van der Waals surface area contributed by atoms with Crippen molar-refractivity contribution in [3.63, 3.8) is 0 Å². The van der Waals surface area contributed by atoms with Crippen LogP contribution in [-0.2, 0) is 0 Å². The van der Waals surface area contributed by atoms with Gasteiger partial charge in [-0.15, -0.1) is 0 Å². The second kappa shape index (κ2) is 4.02. The van der Waals surface area contributed by atoms with Gasteiger partial charge in [-0.2, -0.15) is 0 Å². The first-order valence-corrected chi connectivity index (χ1v) is 4.07. The molecule has 12 heavy (non-hydrogen) atoms. The molecule has 1 aromatic carbocycles. The topological polar surface area (TPSA) is 20.2 Å². The van der Waals surface area contributed by atoms with Crippen LogP contribution in [0, 0.1) is 6.92 Å². The summed E-state index contributed by atoms with van der Waals surface area (Å²) < 4.78 is 0. The lowest BCUT2D eigenvalue weighted by Gasteiger charge is -1.93. The Morgan fingerprint density at radius 2 is 1.92 bits per heavy atom. The van der Waals surface area contributed by atoms with Gasteiger partial charge in [0.2, 0.25) is 0 Å². The predicted octanol–water partition coefficient (Wildman–Crippen LogP) is 2.89. The average Bonchev–Trinajstić information content (AvgIpc) is 2.03. The van der Waals surface area contributed by atoms with Crippen molar-refractivity contribution in [3.8, 4) is 0 Å². The maximum Gasteiger partial charge on any atom is 0.181 e. The second-order valence-electron chi connectivity index (χ2n) is 2.58. The van der Waals surface area contributed by atoms with Crippen LogP contribution in [0.15, 0.2) is 30.3 Å². The van der Waals surface area contributed by atoms with Crippen LogP contribution < -0.4 is 0 Å². The molecule has 0 unspecified atom stereocenters. The maximum absolute atomic E-state index is 8.71. The highest BCUT2D eigenvalue weighted by atomic mass is 32.1. The van der Waals surface area contributed by atoms with E-state index in [4.69, 9.17) is 5.11 Å². The van der Waals surface area contributed by atoms with Gasteiger partial charge in [0.05, 0.1) is 0 Å². The molecule has 0 fully saturated rings. The van der Waals surface area contributed by atoms with E-state index in [0.717, 1.165) is 5.56 Å². The minimum Gasteiger partial charge on any atom is -0.499 e. The third-order valence-corrected chi connectivity index (χ3v) is 1.63. The first kappa shape index (κ1) is 8.94. The minimum atomic E-state index is -0.0874. The molecule has 0 aliphatic carbocycles. The normalized spacial score (nSPS) is 10.4. The van der Waals surface area contributed by atoms with Gasteiger partial charge >= 0.3 is 0 Å². The summed E-state index contributed by atoms with van der Waals surface area (Å²) in [4.78, 5) is 0. The zero-order valence-corrected chi connectivity index (χ0v) is 7.64. The molecule has 1 rings (SSSR count). The molecule has 0 saturated heterocycles. The lowest BCUT2D eigenvalue weighted by Crippen LogP contribution is -1.81. The standard InChI is InChI=1S/C10H10OS/c1-8-2-4-9(5-3-8)6-7-10(11)12/h2-7H,1H3,(H,11,12). The number of thiocarbonyl (C=S) groups is 1. The van der Waals surface area contributed by atoms with Crippen molar-refractivity contribution in [2.45, 2.75) is 6.92 Å². The van der Waals surface area contributed by atoms with E-state index in [2.05, 4.69) is 12.2 Å². The van der Waals surface area contributed by atoms with Gasteiger partial charge in [-0.3, -0.25) is 0 Å². The fraction of sp³-hybridized carbons (Fsp3) is 0.100. The van der Waals surface area contributed by atoms with Gasteiger partial charge < -0.3 is 5.11 Å². The van der Waals surface area contributed by atoms with E-state index in [1.807, 2.05) is 31.2 Å². The second-order valence-corrected chi connectivity index (χ2v) is 3.00. The van der Waals surface area contributed by atoms with Crippen molar-refractivity contribution >= 4 is 23.3 Å². The van der Waals surface area contributed by atoms with Crippen LogP contribution in [0.3, 0.4) is 0 Å². The molecule has 62 valence electrons. The molecule has 1 aromatic rings. The van der Waals surface area contributed by atoms with Crippen molar-refractivity contribution in [2.24, 2.45) is 0 Å². The highest BCUT2D eigenvalue weighted by molar-refractivity contribution is 7.80. The molecule has 0 heterocycles. The Labute approximate surface area is 77.4 Å². The Hall–Kier alpha value is -1.15. The quantitative estimate of drug-likeness (QED) is 0.555. The van der Waals surface area contributed by atoms with Crippen molar-refractivity contribution < 1.29 is 5.11 Å². The van der Waals surface area contributed by atoms with Gasteiger partial charge in [0.1, 0.15) is 0 Å². The third-order valence-electron chi connectivity index (χ3n) is 1.50. The monoisotopic (exact) mass is 178 g/mol. The number of aryl methyl sites for hydroxylation is 1. The van der Waals surface area contributed by atoms with Crippen molar-refractivity contribution in [2.75, 3.05) is 0 Å². The molecular formula is C10H10OS.